The van der Waals surface area contributed by atoms with Gasteiger partial charge in [0, 0.05) is 12.8 Å². The summed E-state index contributed by atoms with van der Waals surface area (Å²) in [5, 5.41) is 0. The number of halogens is 3. The van der Waals surface area contributed by atoms with E-state index in [4.69, 9.17) is 4.74 Å². The maximum atomic E-state index is 13.4. The van der Waals surface area contributed by atoms with Gasteiger partial charge in [-0.05, 0) is 24.5 Å². The third-order valence-electron chi connectivity index (χ3n) is 2.86. The van der Waals surface area contributed by atoms with Crippen molar-refractivity contribution in [1.82, 2.24) is 0 Å². The SMILES string of the molecule is CC(C)COC(=O)CCCC(=O)OCc1c(F)ccc(F)c1F. The molecule has 0 atom stereocenters. The predicted octanol–water partition coefficient (Wildman–Crippen LogP) is 3.52. The molecule has 0 aliphatic rings. The monoisotopic (exact) mass is 332 g/mol. The molecule has 1 rings (SSSR count). The molecule has 1 aromatic rings. The van der Waals surface area contributed by atoms with Crippen LogP contribution in [0.15, 0.2) is 12.1 Å². The number of carbonyl (C=O) groups excluding carboxylic acids is 2. The lowest BCUT2D eigenvalue weighted by molar-refractivity contribution is -0.146. The summed E-state index contributed by atoms with van der Waals surface area (Å²) >= 11 is 0. The zero-order valence-electron chi connectivity index (χ0n) is 13.0. The molecule has 0 spiro atoms. The number of hydrogen-bond acceptors (Lipinski definition) is 4. The molecular formula is C16H19F3O4. The van der Waals surface area contributed by atoms with Gasteiger partial charge in [0.05, 0.1) is 12.2 Å². The third-order valence-corrected chi connectivity index (χ3v) is 2.86. The van der Waals surface area contributed by atoms with Crippen LogP contribution in [0, 0.1) is 23.4 Å². The van der Waals surface area contributed by atoms with E-state index in [0.29, 0.717) is 12.7 Å². The average Bonchev–Trinajstić information content (AvgIpc) is 2.49. The summed E-state index contributed by atoms with van der Waals surface area (Å²) in [6.45, 7) is 3.40. The molecular weight excluding hydrogens is 313 g/mol. The number of hydrogen-bond donors (Lipinski definition) is 0. The van der Waals surface area contributed by atoms with Crippen LogP contribution in [-0.2, 0) is 25.7 Å². The molecule has 0 heterocycles. The molecule has 0 aromatic heterocycles. The molecule has 23 heavy (non-hydrogen) atoms. The Bertz CT molecular complexity index is 559. The van der Waals surface area contributed by atoms with E-state index < -0.39 is 41.6 Å². The first-order valence-corrected chi connectivity index (χ1v) is 7.25. The molecule has 0 aliphatic heterocycles. The van der Waals surface area contributed by atoms with Crippen molar-refractivity contribution in [1.29, 1.82) is 0 Å². The Morgan fingerprint density at radius 3 is 2.17 bits per heavy atom. The maximum Gasteiger partial charge on any atom is 0.306 e. The summed E-state index contributed by atoms with van der Waals surface area (Å²) in [7, 11) is 0. The second-order valence-corrected chi connectivity index (χ2v) is 5.41. The standard InChI is InChI=1S/C16H19F3O4/c1-10(2)8-22-14(20)4-3-5-15(21)23-9-11-12(17)6-7-13(18)16(11)19/h6-7,10H,3-5,8-9H2,1-2H3. The molecule has 0 N–H and O–H groups in total. The molecule has 0 amide bonds. The van der Waals surface area contributed by atoms with Gasteiger partial charge in [-0.3, -0.25) is 9.59 Å². The first kappa shape index (κ1) is 19.0. The van der Waals surface area contributed by atoms with E-state index >= 15 is 0 Å². The van der Waals surface area contributed by atoms with Crippen LogP contribution in [0.4, 0.5) is 13.2 Å². The van der Waals surface area contributed by atoms with E-state index in [1.807, 2.05) is 13.8 Å². The highest BCUT2D eigenvalue weighted by Gasteiger charge is 2.16. The summed E-state index contributed by atoms with van der Waals surface area (Å²) in [4.78, 5) is 22.8. The van der Waals surface area contributed by atoms with Crippen LogP contribution >= 0.6 is 0 Å². The van der Waals surface area contributed by atoms with Gasteiger partial charge in [-0.1, -0.05) is 13.8 Å². The molecule has 0 saturated carbocycles. The number of esters is 2. The molecule has 7 heteroatoms. The first-order chi connectivity index (χ1) is 10.8. The zero-order chi connectivity index (χ0) is 17.4. The van der Waals surface area contributed by atoms with E-state index in [-0.39, 0.29) is 25.2 Å². The van der Waals surface area contributed by atoms with Gasteiger partial charge in [-0.25, -0.2) is 13.2 Å². The van der Waals surface area contributed by atoms with Gasteiger partial charge in [0.25, 0.3) is 0 Å². The van der Waals surface area contributed by atoms with Gasteiger partial charge < -0.3 is 9.47 Å². The van der Waals surface area contributed by atoms with E-state index in [2.05, 4.69) is 4.74 Å². The van der Waals surface area contributed by atoms with Crippen LogP contribution in [0.1, 0.15) is 38.7 Å². The Labute approximate surface area is 132 Å². The topological polar surface area (TPSA) is 52.6 Å². The highest BCUT2D eigenvalue weighted by atomic mass is 19.2. The van der Waals surface area contributed by atoms with Crippen molar-refractivity contribution in [2.75, 3.05) is 6.61 Å². The minimum Gasteiger partial charge on any atom is -0.465 e. The van der Waals surface area contributed by atoms with Gasteiger partial charge in [0.1, 0.15) is 12.4 Å². The van der Waals surface area contributed by atoms with Gasteiger partial charge in [0.2, 0.25) is 0 Å². The van der Waals surface area contributed by atoms with Gasteiger partial charge in [-0.2, -0.15) is 0 Å². The van der Waals surface area contributed by atoms with Gasteiger partial charge in [0.15, 0.2) is 11.6 Å². The molecule has 0 unspecified atom stereocenters. The second-order valence-electron chi connectivity index (χ2n) is 5.41. The second kappa shape index (κ2) is 9.17. The number of rotatable bonds is 8. The fourth-order valence-electron chi connectivity index (χ4n) is 1.64. The third kappa shape index (κ3) is 6.71. The Morgan fingerprint density at radius 1 is 1.00 bits per heavy atom. The van der Waals surface area contributed by atoms with Gasteiger partial charge in [-0.15, -0.1) is 0 Å². The largest absolute Gasteiger partial charge is 0.465 e. The Kier molecular flexibility index (Phi) is 7.57. The van der Waals surface area contributed by atoms with E-state index in [1.54, 1.807) is 0 Å². The van der Waals surface area contributed by atoms with Crippen LogP contribution in [0.25, 0.3) is 0 Å². The van der Waals surface area contributed by atoms with Crippen LogP contribution in [0.3, 0.4) is 0 Å². The molecule has 0 aliphatic carbocycles. The Balaban J connectivity index is 2.33. The van der Waals surface area contributed by atoms with Crippen LogP contribution in [0.2, 0.25) is 0 Å². The maximum absolute atomic E-state index is 13.4. The Hall–Kier alpha value is -2.05. The van der Waals surface area contributed by atoms with E-state index in [0.717, 1.165) is 6.07 Å². The number of carbonyl (C=O) groups is 2. The van der Waals surface area contributed by atoms with Crippen molar-refractivity contribution < 1.29 is 32.2 Å². The van der Waals surface area contributed by atoms with Crippen LogP contribution < -0.4 is 0 Å². The van der Waals surface area contributed by atoms with Crippen molar-refractivity contribution in [3.8, 4) is 0 Å². The van der Waals surface area contributed by atoms with Crippen molar-refractivity contribution in [2.24, 2.45) is 5.92 Å². The molecule has 128 valence electrons. The first-order valence-electron chi connectivity index (χ1n) is 7.25. The minimum atomic E-state index is -1.38. The molecule has 1 aromatic carbocycles. The lowest BCUT2D eigenvalue weighted by Gasteiger charge is -2.08. The quantitative estimate of drug-likeness (QED) is 0.540. The van der Waals surface area contributed by atoms with Crippen LogP contribution in [-0.4, -0.2) is 18.5 Å². The molecule has 0 radical (unpaired) electrons. The van der Waals surface area contributed by atoms with Crippen molar-refractivity contribution >= 4 is 11.9 Å². The van der Waals surface area contributed by atoms with Crippen molar-refractivity contribution in [3.63, 3.8) is 0 Å². The number of ether oxygens (including phenoxy) is 2. The highest BCUT2D eigenvalue weighted by molar-refractivity contribution is 5.72. The lowest BCUT2D eigenvalue weighted by Crippen LogP contribution is -2.11. The molecule has 4 nitrogen and oxygen atoms in total. The summed E-state index contributed by atoms with van der Waals surface area (Å²) in [6.07, 6.45) is 0.143. The highest BCUT2D eigenvalue weighted by Crippen LogP contribution is 2.17. The average molecular weight is 332 g/mol. The normalized spacial score (nSPS) is 10.7. The van der Waals surface area contributed by atoms with Gasteiger partial charge >= 0.3 is 11.9 Å². The minimum absolute atomic E-state index is 0.0461. The van der Waals surface area contributed by atoms with E-state index in [9.17, 15) is 22.8 Å². The fraction of sp³-hybridized carbons (Fsp3) is 0.500. The molecule has 0 fully saturated rings. The van der Waals surface area contributed by atoms with Crippen molar-refractivity contribution in [2.45, 2.75) is 39.7 Å². The van der Waals surface area contributed by atoms with Crippen LogP contribution in [0.5, 0.6) is 0 Å². The number of benzene rings is 1. The Morgan fingerprint density at radius 2 is 1.57 bits per heavy atom. The summed E-state index contributed by atoms with van der Waals surface area (Å²) in [5.41, 5.74) is -0.644. The fourth-order valence-corrected chi connectivity index (χ4v) is 1.64. The summed E-state index contributed by atoms with van der Waals surface area (Å²) < 4.78 is 49.3. The summed E-state index contributed by atoms with van der Waals surface area (Å²) in [5.74, 6) is -4.52. The molecule has 0 saturated heterocycles. The smallest absolute Gasteiger partial charge is 0.306 e. The van der Waals surface area contributed by atoms with Crippen molar-refractivity contribution in [3.05, 3.63) is 35.1 Å². The predicted molar refractivity (Wildman–Crippen MR) is 75.8 cm³/mol. The molecule has 0 bridgehead atoms. The zero-order valence-corrected chi connectivity index (χ0v) is 13.0. The van der Waals surface area contributed by atoms with E-state index in [1.165, 1.54) is 0 Å². The lowest BCUT2D eigenvalue weighted by atomic mass is 10.2. The summed E-state index contributed by atoms with van der Waals surface area (Å²) in [6, 6.07) is 1.41.